The van der Waals surface area contributed by atoms with E-state index >= 15 is 0 Å². The lowest BCUT2D eigenvalue weighted by molar-refractivity contribution is 0.242. The minimum Gasteiger partial charge on any atom is -0.489 e. The third-order valence-electron chi connectivity index (χ3n) is 4.28. The van der Waals surface area contributed by atoms with Gasteiger partial charge in [-0.2, -0.15) is 0 Å². The number of alkyl halides is 1. The molecule has 3 rings (SSSR count). The zero-order valence-electron chi connectivity index (χ0n) is 14.8. The van der Waals surface area contributed by atoms with Gasteiger partial charge < -0.3 is 14.5 Å². The summed E-state index contributed by atoms with van der Waals surface area (Å²) in [5.74, 6) is 1.54. The van der Waals surface area contributed by atoms with Crippen molar-refractivity contribution >= 4 is 35.4 Å². The van der Waals surface area contributed by atoms with Crippen LogP contribution in [0.2, 0.25) is 0 Å². The summed E-state index contributed by atoms with van der Waals surface area (Å²) in [7, 11) is 0. The number of benzene rings is 2. The summed E-state index contributed by atoms with van der Waals surface area (Å²) in [5, 5.41) is 0. The molecule has 0 spiro atoms. The van der Waals surface area contributed by atoms with Crippen LogP contribution in [0.15, 0.2) is 48.5 Å². The molecular weight excluding hydrogens is 355 g/mol. The first-order chi connectivity index (χ1) is 11.7. The zero-order chi connectivity index (χ0) is 16.9. The normalized spacial score (nSPS) is 14.4. The standard InChI is InChI=1S/C20H25ClN2O.ClH/c1-16(2)24-20-9-4-3-8-19(20)23-12-10-22(11-13-23)18-7-5-6-17(14-18)15-21;/h3-9,14,16H,10-13,15H2,1-2H3;1H. The molecule has 136 valence electrons. The fraction of sp³-hybridized carbons (Fsp3) is 0.400. The second-order valence-corrected chi connectivity index (χ2v) is 6.68. The molecule has 3 nitrogen and oxygen atoms in total. The van der Waals surface area contributed by atoms with Gasteiger partial charge in [-0.1, -0.05) is 24.3 Å². The Morgan fingerprint density at radius 1 is 0.960 bits per heavy atom. The molecular formula is C20H26Cl2N2O. The van der Waals surface area contributed by atoms with Crippen molar-refractivity contribution in [2.75, 3.05) is 36.0 Å². The van der Waals surface area contributed by atoms with Crippen LogP contribution >= 0.6 is 24.0 Å². The molecule has 2 aromatic carbocycles. The molecule has 0 N–H and O–H groups in total. The van der Waals surface area contributed by atoms with Gasteiger partial charge >= 0.3 is 0 Å². The summed E-state index contributed by atoms with van der Waals surface area (Å²) in [6.07, 6.45) is 0.186. The monoisotopic (exact) mass is 380 g/mol. The molecule has 25 heavy (non-hydrogen) atoms. The van der Waals surface area contributed by atoms with Crippen molar-refractivity contribution in [3.63, 3.8) is 0 Å². The van der Waals surface area contributed by atoms with Crippen molar-refractivity contribution in [3.05, 3.63) is 54.1 Å². The van der Waals surface area contributed by atoms with Crippen LogP contribution in [0.3, 0.4) is 0 Å². The lowest BCUT2D eigenvalue weighted by Gasteiger charge is -2.38. The van der Waals surface area contributed by atoms with Crippen molar-refractivity contribution in [1.29, 1.82) is 0 Å². The van der Waals surface area contributed by atoms with Crippen LogP contribution in [0.4, 0.5) is 11.4 Å². The average molecular weight is 381 g/mol. The number of para-hydroxylation sites is 2. The molecule has 0 radical (unpaired) electrons. The van der Waals surface area contributed by atoms with Crippen molar-refractivity contribution < 1.29 is 4.74 Å². The maximum atomic E-state index is 5.97. The topological polar surface area (TPSA) is 15.7 Å². The number of ether oxygens (including phenoxy) is 1. The summed E-state index contributed by atoms with van der Waals surface area (Å²) >= 11 is 5.96. The van der Waals surface area contributed by atoms with Crippen LogP contribution in [-0.4, -0.2) is 32.3 Å². The Hall–Kier alpha value is -1.58. The fourth-order valence-electron chi connectivity index (χ4n) is 3.11. The summed E-state index contributed by atoms with van der Waals surface area (Å²) < 4.78 is 5.97. The molecule has 0 aromatic heterocycles. The first-order valence-electron chi connectivity index (χ1n) is 8.58. The molecule has 0 bridgehead atoms. The number of nitrogens with zero attached hydrogens (tertiary/aromatic N) is 2. The molecule has 2 aromatic rings. The average Bonchev–Trinajstić information content (AvgIpc) is 2.62. The van der Waals surface area contributed by atoms with Gasteiger partial charge in [-0.25, -0.2) is 0 Å². The quantitative estimate of drug-likeness (QED) is 0.681. The third kappa shape index (κ3) is 4.96. The summed E-state index contributed by atoms with van der Waals surface area (Å²) in [5.41, 5.74) is 3.63. The van der Waals surface area contributed by atoms with Crippen molar-refractivity contribution in [2.45, 2.75) is 25.8 Å². The first-order valence-corrected chi connectivity index (χ1v) is 9.11. The number of piperazine rings is 1. The predicted molar refractivity (Wildman–Crippen MR) is 110 cm³/mol. The van der Waals surface area contributed by atoms with E-state index in [1.807, 2.05) is 6.07 Å². The molecule has 0 saturated carbocycles. The Kier molecular flexibility index (Phi) is 7.27. The summed E-state index contributed by atoms with van der Waals surface area (Å²) in [4.78, 5) is 4.85. The van der Waals surface area contributed by atoms with E-state index in [-0.39, 0.29) is 18.5 Å². The third-order valence-corrected chi connectivity index (χ3v) is 4.59. The SMILES string of the molecule is CC(C)Oc1ccccc1N1CCN(c2cccc(CCl)c2)CC1.Cl. The highest BCUT2D eigenvalue weighted by Gasteiger charge is 2.20. The second-order valence-electron chi connectivity index (χ2n) is 6.41. The van der Waals surface area contributed by atoms with Gasteiger partial charge in [-0.05, 0) is 43.7 Å². The van der Waals surface area contributed by atoms with Gasteiger partial charge in [0.05, 0.1) is 11.8 Å². The smallest absolute Gasteiger partial charge is 0.142 e. The summed E-state index contributed by atoms with van der Waals surface area (Å²) in [6, 6.07) is 16.9. The van der Waals surface area contributed by atoms with Gasteiger partial charge in [-0.3, -0.25) is 0 Å². The zero-order valence-corrected chi connectivity index (χ0v) is 16.4. The van der Waals surface area contributed by atoms with E-state index in [2.05, 4.69) is 66.1 Å². The number of halogens is 2. The van der Waals surface area contributed by atoms with E-state index in [0.29, 0.717) is 5.88 Å². The Balaban J connectivity index is 0.00000225. The van der Waals surface area contributed by atoms with Crippen molar-refractivity contribution in [1.82, 2.24) is 0 Å². The molecule has 1 saturated heterocycles. The molecule has 0 aliphatic carbocycles. The van der Waals surface area contributed by atoms with Crippen LogP contribution in [0.5, 0.6) is 5.75 Å². The van der Waals surface area contributed by atoms with Gasteiger partial charge in [0.25, 0.3) is 0 Å². The lowest BCUT2D eigenvalue weighted by atomic mass is 10.1. The van der Waals surface area contributed by atoms with Crippen LogP contribution in [-0.2, 0) is 5.88 Å². The van der Waals surface area contributed by atoms with Gasteiger partial charge in [0.15, 0.2) is 0 Å². The second kappa shape index (κ2) is 9.21. The number of hydrogen-bond acceptors (Lipinski definition) is 3. The largest absolute Gasteiger partial charge is 0.489 e. The highest BCUT2D eigenvalue weighted by atomic mass is 35.5. The highest BCUT2D eigenvalue weighted by molar-refractivity contribution is 6.17. The van der Waals surface area contributed by atoms with E-state index in [9.17, 15) is 0 Å². The first kappa shape index (κ1) is 19.7. The Morgan fingerprint density at radius 2 is 1.64 bits per heavy atom. The van der Waals surface area contributed by atoms with E-state index in [4.69, 9.17) is 16.3 Å². The number of hydrogen-bond donors (Lipinski definition) is 0. The Bertz CT molecular complexity index is 670. The van der Waals surface area contributed by atoms with Gasteiger partial charge in [0.1, 0.15) is 5.75 Å². The van der Waals surface area contributed by atoms with E-state index < -0.39 is 0 Å². The number of rotatable bonds is 5. The molecule has 0 amide bonds. The van der Waals surface area contributed by atoms with Crippen LogP contribution < -0.4 is 14.5 Å². The maximum absolute atomic E-state index is 5.97. The predicted octanol–water partition coefficient (Wildman–Crippen LogP) is 4.96. The van der Waals surface area contributed by atoms with Gasteiger partial charge in [0.2, 0.25) is 0 Å². The maximum Gasteiger partial charge on any atom is 0.142 e. The minimum absolute atomic E-state index is 0. The Morgan fingerprint density at radius 3 is 2.32 bits per heavy atom. The van der Waals surface area contributed by atoms with Crippen molar-refractivity contribution in [2.24, 2.45) is 0 Å². The van der Waals surface area contributed by atoms with Crippen LogP contribution in [0, 0.1) is 0 Å². The molecule has 1 fully saturated rings. The van der Waals surface area contributed by atoms with Gasteiger partial charge in [-0.15, -0.1) is 24.0 Å². The lowest BCUT2D eigenvalue weighted by Crippen LogP contribution is -2.46. The summed E-state index contributed by atoms with van der Waals surface area (Å²) in [6.45, 7) is 8.12. The van der Waals surface area contributed by atoms with Crippen molar-refractivity contribution in [3.8, 4) is 5.75 Å². The molecule has 1 heterocycles. The molecule has 1 aliphatic heterocycles. The number of anilines is 2. The fourth-order valence-corrected chi connectivity index (χ4v) is 3.28. The minimum atomic E-state index is 0. The highest BCUT2D eigenvalue weighted by Crippen LogP contribution is 2.30. The van der Waals surface area contributed by atoms with Gasteiger partial charge in [0, 0.05) is 37.7 Å². The molecule has 0 unspecified atom stereocenters. The van der Waals surface area contributed by atoms with E-state index in [1.54, 1.807) is 0 Å². The molecule has 0 atom stereocenters. The van der Waals surface area contributed by atoms with Crippen LogP contribution in [0.25, 0.3) is 0 Å². The molecule has 1 aliphatic rings. The van der Waals surface area contributed by atoms with E-state index in [1.165, 1.54) is 16.9 Å². The van der Waals surface area contributed by atoms with E-state index in [0.717, 1.165) is 31.9 Å². The van der Waals surface area contributed by atoms with Crippen LogP contribution in [0.1, 0.15) is 19.4 Å². The molecule has 5 heteroatoms. The Labute approximate surface area is 161 Å².